The molecule has 0 spiro atoms. The van der Waals surface area contributed by atoms with Crippen molar-refractivity contribution in [1.82, 2.24) is 4.98 Å². The van der Waals surface area contributed by atoms with E-state index in [-0.39, 0.29) is 5.75 Å². The molecule has 37 heavy (non-hydrogen) atoms. The number of hydrogen-bond donors (Lipinski definition) is 0. The molecule has 4 rings (SSSR count). The minimum atomic E-state index is -5.75. The lowest BCUT2D eigenvalue weighted by molar-refractivity contribution is -0.290. The molecule has 3 nitrogen and oxygen atoms in total. The molecule has 2 aromatic carbocycles. The van der Waals surface area contributed by atoms with Crippen LogP contribution in [-0.2, 0) is 16.3 Å². The highest BCUT2D eigenvalue weighted by atomic mass is 19.4. The Bertz CT molecular complexity index is 1210. The van der Waals surface area contributed by atoms with Crippen molar-refractivity contribution in [3.63, 3.8) is 0 Å². The third kappa shape index (κ3) is 5.53. The highest BCUT2D eigenvalue weighted by Gasteiger charge is 2.68. The second kappa shape index (κ2) is 10.2. The smallest absolute Gasteiger partial charge is 0.456 e. The van der Waals surface area contributed by atoms with Gasteiger partial charge in [0.1, 0.15) is 23.1 Å². The molecule has 0 N–H and O–H groups in total. The van der Waals surface area contributed by atoms with Crippen molar-refractivity contribution in [1.29, 1.82) is 0 Å². The molecule has 1 atom stereocenters. The van der Waals surface area contributed by atoms with Crippen molar-refractivity contribution >= 4 is 0 Å². The van der Waals surface area contributed by atoms with Crippen LogP contribution in [0.2, 0.25) is 0 Å². The van der Waals surface area contributed by atoms with Crippen LogP contribution in [0.25, 0.3) is 11.1 Å². The Hall–Kier alpha value is -3.28. The predicted octanol–water partition coefficient (Wildman–Crippen LogP) is 7.65. The number of alkyl halides is 7. The van der Waals surface area contributed by atoms with Crippen molar-refractivity contribution < 1.29 is 49.0 Å². The molecule has 0 radical (unpaired) electrons. The van der Waals surface area contributed by atoms with Gasteiger partial charge in [-0.2, -0.15) is 30.7 Å². The van der Waals surface area contributed by atoms with Crippen molar-refractivity contribution in [3.05, 3.63) is 83.7 Å². The van der Waals surface area contributed by atoms with Crippen LogP contribution < -0.4 is 4.74 Å². The summed E-state index contributed by atoms with van der Waals surface area (Å²) in [5.74, 6) is -11.2. The quantitative estimate of drug-likeness (QED) is 0.230. The zero-order valence-electron chi connectivity index (χ0n) is 19.4. The van der Waals surface area contributed by atoms with Crippen molar-refractivity contribution in [2.24, 2.45) is 0 Å². The first-order valence-electron chi connectivity index (χ1n) is 10.9. The van der Waals surface area contributed by atoms with E-state index in [2.05, 4.69) is 9.72 Å². The maximum Gasteiger partial charge on any atom is 0.456 e. The van der Waals surface area contributed by atoms with Crippen LogP contribution in [0.1, 0.15) is 25.1 Å². The van der Waals surface area contributed by atoms with Crippen LogP contribution in [-0.4, -0.2) is 30.3 Å². The molecule has 200 valence electrons. The molecule has 2 heterocycles. The molecule has 1 fully saturated rings. The molecular formula is C25H20F9NO2. The van der Waals surface area contributed by atoms with E-state index in [4.69, 9.17) is 4.74 Å². The average Bonchev–Trinajstić information content (AvgIpc) is 3.66. The number of pyridine rings is 1. The van der Waals surface area contributed by atoms with Gasteiger partial charge in [0.15, 0.2) is 12.2 Å². The Morgan fingerprint density at radius 1 is 0.865 bits per heavy atom. The lowest BCUT2D eigenvalue weighted by atomic mass is 9.90. The molecule has 1 unspecified atom stereocenters. The van der Waals surface area contributed by atoms with Crippen molar-refractivity contribution in [2.45, 2.75) is 37.5 Å². The van der Waals surface area contributed by atoms with Crippen molar-refractivity contribution in [2.75, 3.05) is 13.2 Å². The minimum Gasteiger partial charge on any atom is -0.487 e. The van der Waals surface area contributed by atoms with E-state index in [9.17, 15) is 30.7 Å². The fraction of sp³-hybridized carbons (Fsp3) is 0.320. The van der Waals surface area contributed by atoms with Gasteiger partial charge in [-0.05, 0) is 35.9 Å². The number of epoxide rings is 1. The molecular weight excluding hydrogens is 517 g/mol. The van der Waals surface area contributed by atoms with Crippen LogP contribution >= 0.6 is 0 Å². The fourth-order valence-electron chi connectivity index (χ4n) is 3.35. The SMILES string of the molecule is CC.Fc1ccc(C2(C(F)(F)c3ccc(-c4ccc(OCC(F)(F)C(F)(F)F)cc4)cn3)CO2)c(F)c1. The molecule has 0 saturated carbocycles. The molecule has 1 aliphatic heterocycles. The maximum absolute atomic E-state index is 15.2. The fourth-order valence-corrected chi connectivity index (χ4v) is 3.35. The third-order valence-corrected chi connectivity index (χ3v) is 5.41. The summed E-state index contributed by atoms with van der Waals surface area (Å²) < 4.78 is 130. The van der Waals surface area contributed by atoms with Crippen molar-refractivity contribution in [3.8, 4) is 16.9 Å². The molecule has 0 amide bonds. The van der Waals surface area contributed by atoms with Crippen LogP contribution in [0.4, 0.5) is 39.5 Å². The van der Waals surface area contributed by atoms with Crippen LogP contribution in [0.3, 0.4) is 0 Å². The molecule has 0 bridgehead atoms. The number of benzene rings is 2. The molecule has 1 saturated heterocycles. The normalized spacial score (nSPS) is 17.6. The molecule has 3 aromatic rings. The number of rotatable bonds is 7. The topological polar surface area (TPSA) is 34.6 Å². The number of halogens is 9. The summed E-state index contributed by atoms with van der Waals surface area (Å²) in [6, 6.07) is 9.34. The summed E-state index contributed by atoms with van der Waals surface area (Å²) in [5.41, 5.74) is -2.89. The maximum atomic E-state index is 15.2. The Balaban J connectivity index is 0.00000186. The van der Waals surface area contributed by atoms with E-state index in [0.29, 0.717) is 17.2 Å². The van der Waals surface area contributed by atoms with Gasteiger partial charge in [-0.1, -0.05) is 32.0 Å². The highest BCUT2D eigenvalue weighted by Crippen LogP contribution is 2.56. The standard InChI is InChI=1S/C23H14F9NO2.C2H6/c24-15-4-7-17(18(25)9-15)20(11-35-20)22(28,29)19-8-3-14(10-33-19)13-1-5-16(6-2-13)34-12-21(26,27)23(30,31)32;1-2/h1-10H,11-12H2;1-2H3. The summed E-state index contributed by atoms with van der Waals surface area (Å²) in [6.45, 7) is 1.58. The van der Waals surface area contributed by atoms with E-state index in [1.807, 2.05) is 13.8 Å². The lowest BCUT2D eigenvalue weighted by Crippen LogP contribution is -2.41. The van der Waals surface area contributed by atoms with E-state index < -0.39 is 59.7 Å². The Morgan fingerprint density at radius 3 is 1.95 bits per heavy atom. The number of nitrogens with zero attached hydrogens (tertiary/aromatic N) is 1. The predicted molar refractivity (Wildman–Crippen MR) is 115 cm³/mol. The van der Waals surface area contributed by atoms with Gasteiger partial charge < -0.3 is 9.47 Å². The van der Waals surface area contributed by atoms with E-state index in [1.54, 1.807) is 0 Å². The second-order valence-corrected chi connectivity index (χ2v) is 7.76. The van der Waals surface area contributed by atoms with Crippen LogP contribution in [0, 0.1) is 11.6 Å². The summed E-state index contributed by atoms with van der Waals surface area (Å²) in [7, 11) is 0. The average molecular weight is 537 g/mol. The van der Waals surface area contributed by atoms with Crippen LogP contribution in [0.5, 0.6) is 5.75 Å². The Kier molecular flexibility index (Phi) is 7.83. The zero-order chi connectivity index (χ0) is 27.6. The number of aromatic nitrogens is 1. The minimum absolute atomic E-state index is 0.261. The summed E-state index contributed by atoms with van der Waals surface area (Å²) >= 11 is 0. The number of ether oxygens (including phenoxy) is 2. The second-order valence-electron chi connectivity index (χ2n) is 7.76. The van der Waals surface area contributed by atoms with Gasteiger partial charge in [0.05, 0.1) is 6.61 Å². The number of hydrogen-bond acceptors (Lipinski definition) is 3. The van der Waals surface area contributed by atoms with Gasteiger partial charge in [-0.3, -0.25) is 4.98 Å². The Labute approximate surface area is 205 Å². The first-order chi connectivity index (χ1) is 17.3. The Morgan fingerprint density at radius 2 is 1.46 bits per heavy atom. The van der Waals surface area contributed by atoms with Gasteiger partial charge in [0, 0.05) is 23.4 Å². The third-order valence-electron chi connectivity index (χ3n) is 5.41. The highest BCUT2D eigenvalue weighted by molar-refractivity contribution is 5.63. The summed E-state index contributed by atoms with van der Waals surface area (Å²) in [5, 5.41) is 0. The monoisotopic (exact) mass is 537 g/mol. The van der Waals surface area contributed by atoms with E-state index in [1.165, 1.54) is 18.2 Å². The molecule has 12 heteroatoms. The van der Waals surface area contributed by atoms with Gasteiger partial charge in [0.25, 0.3) is 0 Å². The van der Waals surface area contributed by atoms with E-state index >= 15 is 8.78 Å². The molecule has 0 aliphatic carbocycles. The first-order valence-corrected chi connectivity index (χ1v) is 10.9. The zero-order valence-corrected chi connectivity index (χ0v) is 19.4. The molecule has 1 aromatic heterocycles. The summed E-state index contributed by atoms with van der Waals surface area (Å²) in [4.78, 5) is 3.74. The molecule has 1 aliphatic rings. The van der Waals surface area contributed by atoms with Gasteiger partial charge in [0.2, 0.25) is 0 Å². The van der Waals surface area contributed by atoms with E-state index in [0.717, 1.165) is 36.5 Å². The first kappa shape index (κ1) is 28.3. The summed E-state index contributed by atoms with van der Waals surface area (Å²) in [6.07, 6.45) is -4.68. The van der Waals surface area contributed by atoms with Gasteiger partial charge in [-0.25, -0.2) is 8.78 Å². The van der Waals surface area contributed by atoms with Gasteiger partial charge >= 0.3 is 18.0 Å². The van der Waals surface area contributed by atoms with Gasteiger partial charge in [-0.15, -0.1) is 0 Å². The largest absolute Gasteiger partial charge is 0.487 e. The lowest BCUT2D eigenvalue weighted by Gasteiger charge is -2.24. The van der Waals surface area contributed by atoms with Crippen LogP contribution in [0.15, 0.2) is 60.8 Å².